The number of nitrogens with one attached hydrogen (secondary N) is 1. The number of nitriles is 1. The number of fused-ring (bicyclic) bond motifs is 1. The van der Waals surface area contributed by atoms with Crippen LogP contribution in [0.5, 0.6) is 0 Å². The largest absolute Gasteiger partial charge is 0.381 e. The zero-order valence-corrected chi connectivity index (χ0v) is 25.7. The van der Waals surface area contributed by atoms with Gasteiger partial charge in [0.2, 0.25) is 0 Å². The van der Waals surface area contributed by atoms with Crippen molar-refractivity contribution in [3.05, 3.63) is 101 Å². The molecule has 0 amide bonds. The molecule has 0 bridgehead atoms. The molecule has 1 fully saturated rings. The van der Waals surface area contributed by atoms with Crippen LogP contribution >= 0.6 is 0 Å². The second-order valence-corrected chi connectivity index (χ2v) is 11.4. The molecule has 4 aromatic rings. The lowest BCUT2D eigenvalue weighted by Gasteiger charge is -2.21. The maximum absolute atomic E-state index is 14.7. The number of imidazole rings is 1. The zero-order valence-electron chi connectivity index (χ0n) is 25.7. The van der Waals surface area contributed by atoms with E-state index in [4.69, 9.17) is 15.0 Å². The number of pyridine rings is 1. The second kappa shape index (κ2) is 15.6. The maximum Gasteiger partial charge on any atom is 0.144 e. The molecule has 1 aliphatic rings. The van der Waals surface area contributed by atoms with E-state index in [1.165, 1.54) is 18.6 Å². The van der Waals surface area contributed by atoms with E-state index in [1.807, 2.05) is 43.7 Å². The van der Waals surface area contributed by atoms with Crippen molar-refractivity contribution >= 4 is 16.6 Å². The summed E-state index contributed by atoms with van der Waals surface area (Å²) in [4.78, 5) is 9.35. The normalized spacial score (nSPS) is 13.8. The SMILES string of the molecule is C1COC1.C=C(C)c1ccc2nc(CNC[C@@H](CC(C)CF)c3ccc(F)c(CCc4ccc(C#N)cc4F)n3)n(C)c2c1. The van der Waals surface area contributed by atoms with E-state index in [1.54, 1.807) is 18.2 Å². The molecule has 6 nitrogen and oxygen atoms in total. The first-order chi connectivity index (χ1) is 21.2. The fraction of sp³-hybridized carbons (Fsp3) is 0.400. The van der Waals surface area contributed by atoms with Gasteiger partial charge in [0.05, 0.1) is 41.6 Å². The van der Waals surface area contributed by atoms with Gasteiger partial charge in [0.15, 0.2) is 0 Å². The van der Waals surface area contributed by atoms with Crippen molar-refractivity contribution in [2.45, 2.75) is 52.0 Å². The number of alkyl halides is 1. The Kier molecular flexibility index (Phi) is 11.7. The van der Waals surface area contributed by atoms with E-state index in [2.05, 4.69) is 22.9 Å². The summed E-state index contributed by atoms with van der Waals surface area (Å²) in [5.41, 5.74) is 5.51. The number of hydrogen-bond donors (Lipinski definition) is 1. The highest BCUT2D eigenvalue weighted by atomic mass is 19.1. The number of ether oxygens (including phenoxy) is 1. The maximum atomic E-state index is 14.7. The number of allylic oxidation sites excluding steroid dienone is 1. The van der Waals surface area contributed by atoms with Gasteiger partial charge in [0, 0.05) is 38.4 Å². The summed E-state index contributed by atoms with van der Waals surface area (Å²) in [5, 5.41) is 12.4. The molecule has 1 N–H and O–H groups in total. The highest BCUT2D eigenvalue weighted by molar-refractivity contribution is 5.80. The number of hydrogen-bond acceptors (Lipinski definition) is 5. The Morgan fingerprint density at radius 2 is 1.84 bits per heavy atom. The molecule has 2 aromatic heterocycles. The van der Waals surface area contributed by atoms with Crippen LogP contribution in [0.1, 0.15) is 66.5 Å². The molecule has 0 radical (unpaired) electrons. The van der Waals surface area contributed by atoms with Crippen LogP contribution in [0.15, 0.2) is 55.1 Å². The quantitative estimate of drug-likeness (QED) is 0.185. The van der Waals surface area contributed by atoms with Crippen LogP contribution in [0.3, 0.4) is 0 Å². The van der Waals surface area contributed by atoms with Crippen LogP contribution in [0.25, 0.3) is 16.6 Å². The minimum absolute atomic E-state index is 0.151. The molecule has 0 saturated carbocycles. The molecule has 5 rings (SSSR count). The van der Waals surface area contributed by atoms with Gasteiger partial charge in [-0.25, -0.2) is 13.8 Å². The molecule has 1 aliphatic heterocycles. The van der Waals surface area contributed by atoms with Crippen molar-refractivity contribution < 1.29 is 17.9 Å². The molecular weight excluding hydrogens is 563 g/mol. The Morgan fingerprint density at radius 3 is 2.48 bits per heavy atom. The van der Waals surface area contributed by atoms with Crippen molar-refractivity contribution in [3.8, 4) is 6.07 Å². The van der Waals surface area contributed by atoms with Gasteiger partial charge in [-0.1, -0.05) is 31.2 Å². The summed E-state index contributed by atoms with van der Waals surface area (Å²) < 4.78 is 49.3. The summed E-state index contributed by atoms with van der Waals surface area (Å²) in [6.07, 6.45) is 2.26. The third-order valence-electron chi connectivity index (χ3n) is 7.84. The second-order valence-electron chi connectivity index (χ2n) is 11.4. The summed E-state index contributed by atoms with van der Waals surface area (Å²) in [6, 6.07) is 15.3. The molecule has 9 heteroatoms. The molecule has 2 aromatic carbocycles. The van der Waals surface area contributed by atoms with Crippen molar-refractivity contribution in [1.82, 2.24) is 19.9 Å². The van der Waals surface area contributed by atoms with Crippen molar-refractivity contribution in [2.24, 2.45) is 13.0 Å². The van der Waals surface area contributed by atoms with Crippen molar-refractivity contribution in [1.29, 1.82) is 5.26 Å². The van der Waals surface area contributed by atoms with E-state index in [0.29, 0.717) is 30.8 Å². The molecule has 2 atom stereocenters. The van der Waals surface area contributed by atoms with Gasteiger partial charge in [0.25, 0.3) is 0 Å². The zero-order chi connectivity index (χ0) is 31.6. The number of nitrogens with zero attached hydrogens (tertiary/aromatic N) is 4. The lowest BCUT2D eigenvalue weighted by atomic mass is 9.92. The molecule has 232 valence electrons. The first-order valence-electron chi connectivity index (χ1n) is 15.0. The third-order valence-corrected chi connectivity index (χ3v) is 7.84. The Bertz CT molecular complexity index is 1620. The fourth-order valence-corrected chi connectivity index (χ4v) is 5.00. The average Bonchev–Trinajstić information content (AvgIpc) is 3.30. The third kappa shape index (κ3) is 8.55. The average molecular weight is 604 g/mol. The summed E-state index contributed by atoms with van der Waals surface area (Å²) in [7, 11) is 1.97. The molecule has 0 spiro atoms. The number of aromatic nitrogens is 3. The predicted molar refractivity (Wildman–Crippen MR) is 168 cm³/mol. The monoisotopic (exact) mass is 603 g/mol. The molecule has 0 aliphatic carbocycles. The highest BCUT2D eigenvalue weighted by Crippen LogP contribution is 2.25. The van der Waals surface area contributed by atoms with Crippen LogP contribution in [0.4, 0.5) is 13.2 Å². The van der Waals surface area contributed by atoms with E-state index in [-0.39, 0.29) is 35.9 Å². The van der Waals surface area contributed by atoms with Crippen molar-refractivity contribution in [2.75, 3.05) is 26.4 Å². The smallest absolute Gasteiger partial charge is 0.144 e. The van der Waals surface area contributed by atoms with Crippen LogP contribution in [-0.2, 0) is 31.2 Å². The van der Waals surface area contributed by atoms with Gasteiger partial charge >= 0.3 is 0 Å². The molecule has 3 heterocycles. The molecule has 1 saturated heterocycles. The van der Waals surface area contributed by atoms with E-state index in [9.17, 15) is 13.2 Å². The van der Waals surface area contributed by atoms with E-state index < -0.39 is 18.3 Å². The molecular formula is C35H40F3N5O. The highest BCUT2D eigenvalue weighted by Gasteiger charge is 2.20. The molecule has 1 unspecified atom stereocenters. The Morgan fingerprint density at radius 1 is 1.09 bits per heavy atom. The first kappa shape index (κ1) is 32.9. The van der Waals surface area contributed by atoms with Gasteiger partial charge < -0.3 is 14.6 Å². The Labute approximate surface area is 257 Å². The van der Waals surface area contributed by atoms with Crippen LogP contribution in [0.2, 0.25) is 0 Å². The summed E-state index contributed by atoms with van der Waals surface area (Å²) in [5.74, 6) is -0.430. The topological polar surface area (TPSA) is 75.8 Å². The van der Waals surface area contributed by atoms with E-state index in [0.717, 1.165) is 41.2 Å². The lowest BCUT2D eigenvalue weighted by Crippen LogP contribution is -2.25. The minimum atomic E-state index is -0.493. The van der Waals surface area contributed by atoms with Crippen LogP contribution in [-0.4, -0.2) is 41.0 Å². The minimum Gasteiger partial charge on any atom is -0.381 e. The van der Waals surface area contributed by atoms with Crippen LogP contribution in [0, 0.1) is 28.9 Å². The van der Waals surface area contributed by atoms with Crippen LogP contribution < -0.4 is 5.32 Å². The van der Waals surface area contributed by atoms with Gasteiger partial charge in [-0.15, -0.1) is 0 Å². The van der Waals surface area contributed by atoms with Crippen molar-refractivity contribution in [3.63, 3.8) is 0 Å². The number of aryl methyl sites for hydroxylation is 3. The van der Waals surface area contributed by atoms with Gasteiger partial charge in [-0.3, -0.25) is 9.37 Å². The lowest BCUT2D eigenvalue weighted by molar-refractivity contribution is 0.0367. The first-order valence-corrected chi connectivity index (χ1v) is 15.0. The summed E-state index contributed by atoms with van der Waals surface area (Å²) in [6.45, 7) is 10.4. The number of rotatable bonds is 12. The van der Waals surface area contributed by atoms with E-state index >= 15 is 0 Å². The Hall–Kier alpha value is -4.00. The molecule has 44 heavy (non-hydrogen) atoms. The fourth-order valence-electron chi connectivity index (χ4n) is 5.00. The van der Waals surface area contributed by atoms with Gasteiger partial charge in [0.1, 0.15) is 17.5 Å². The number of halogens is 3. The van der Waals surface area contributed by atoms with Gasteiger partial charge in [-0.05, 0) is 86.1 Å². The van der Waals surface area contributed by atoms with Gasteiger partial charge in [-0.2, -0.15) is 5.26 Å². The standard InChI is InChI=1S/C32H34F3N5.C3H6O/c1-20(2)24-8-11-30-31(15-24)40(4)32(39-30)19-37-18-25(13-21(3)16-33)28-12-9-26(34)29(38-28)10-7-23-6-5-22(17-36)14-27(23)35;1-2-4-3-1/h5-6,8-9,11-12,14-15,21,25,37H,1,7,10,13,16,18-19H2,2-4H3;1-3H2/t21?,25-;/m1./s1. The predicted octanol–water partition coefficient (Wildman–Crippen LogP) is 7.21. The Balaban J connectivity index is 0.00000102. The number of benzene rings is 2. The summed E-state index contributed by atoms with van der Waals surface area (Å²) >= 11 is 0.